The molecule has 8 heteroatoms. The highest BCUT2D eigenvalue weighted by atomic mass is 35.5. The van der Waals surface area contributed by atoms with Crippen LogP contribution in [0.4, 0.5) is 0 Å². The van der Waals surface area contributed by atoms with Crippen LogP contribution < -0.4 is 4.72 Å². The van der Waals surface area contributed by atoms with E-state index in [4.69, 9.17) is 11.6 Å². The van der Waals surface area contributed by atoms with Crippen molar-refractivity contribution >= 4 is 27.4 Å². The van der Waals surface area contributed by atoms with Gasteiger partial charge in [0.15, 0.2) is 5.03 Å². The molecule has 0 saturated carbocycles. The number of aryl methyl sites for hydroxylation is 1. The minimum atomic E-state index is -3.81. The summed E-state index contributed by atoms with van der Waals surface area (Å²) < 4.78 is 27.1. The maximum absolute atomic E-state index is 11.9. The molecule has 0 aliphatic carbocycles. The van der Waals surface area contributed by atoms with E-state index in [0.29, 0.717) is 0 Å². The van der Waals surface area contributed by atoms with Crippen LogP contribution in [0.1, 0.15) is 13.8 Å². The Morgan fingerprint density at radius 2 is 2.18 bits per heavy atom. The summed E-state index contributed by atoms with van der Waals surface area (Å²) in [6.45, 7) is 3.16. The fourth-order valence-corrected chi connectivity index (χ4v) is 2.78. The number of sulfonamides is 1. The Morgan fingerprint density at radius 3 is 2.59 bits per heavy atom. The normalized spacial score (nSPS) is 12.1. The van der Waals surface area contributed by atoms with Gasteiger partial charge in [0.05, 0.1) is 17.8 Å². The number of hydrogen-bond acceptors (Lipinski definition) is 4. The Morgan fingerprint density at radius 1 is 1.59 bits per heavy atom. The van der Waals surface area contributed by atoms with E-state index in [1.165, 1.54) is 13.2 Å². The number of carbonyl (C=O) groups excluding carboxylic acids is 1. The summed E-state index contributed by atoms with van der Waals surface area (Å²) in [7, 11) is -2.35. The van der Waals surface area contributed by atoms with Gasteiger partial charge in [-0.25, -0.2) is 13.1 Å². The van der Waals surface area contributed by atoms with Gasteiger partial charge in [0.1, 0.15) is 5.78 Å². The standard InChI is InChI=1S/C9H14ClN3O3S/c1-6(2)8(14)5-12-17(15,16)9-7(10)4-11-13(9)3/h4,6,12H,5H2,1-3H3. The Balaban J connectivity index is 2.87. The second-order valence-corrected chi connectivity index (χ2v) is 5.96. The third-order valence-corrected chi connectivity index (χ3v) is 4.08. The van der Waals surface area contributed by atoms with Gasteiger partial charge in [-0.2, -0.15) is 5.10 Å². The number of rotatable bonds is 5. The maximum atomic E-state index is 11.9. The lowest BCUT2D eigenvalue weighted by atomic mass is 10.1. The summed E-state index contributed by atoms with van der Waals surface area (Å²) in [6.07, 6.45) is 1.24. The molecule has 0 saturated heterocycles. The van der Waals surface area contributed by atoms with Gasteiger partial charge in [-0.15, -0.1) is 0 Å². The van der Waals surface area contributed by atoms with Crippen molar-refractivity contribution in [2.45, 2.75) is 18.9 Å². The number of hydrogen-bond donors (Lipinski definition) is 1. The van der Waals surface area contributed by atoms with E-state index < -0.39 is 10.0 Å². The van der Waals surface area contributed by atoms with Crippen molar-refractivity contribution in [2.75, 3.05) is 6.54 Å². The second kappa shape index (κ2) is 5.16. The molecule has 96 valence electrons. The van der Waals surface area contributed by atoms with Gasteiger partial charge < -0.3 is 0 Å². The molecular weight excluding hydrogens is 266 g/mol. The molecule has 0 aliphatic heterocycles. The zero-order chi connectivity index (χ0) is 13.2. The topological polar surface area (TPSA) is 81.1 Å². The van der Waals surface area contributed by atoms with Crippen molar-refractivity contribution in [1.29, 1.82) is 0 Å². The Bertz CT molecular complexity index is 502. The van der Waals surface area contributed by atoms with E-state index in [9.17, 15) is 13.2 Å². The number of nitrogens with zero attached hydrogens (tertiary/aromatic N) is 2. The highest BCUT2D eigenvalue weighted by molar-refractivity contribution is 7.89. The largest absolute Gasteiger partial charge is 0.298 e. The van der Waals surface area contributed by atoms with Gasteiger partial charge in [-0.1, -0.05) is 25.4 Å². The number of halogens is 1. The van der Waals surface area contributed by atoms with Gasteiger partial charge >= 0.3 is 0 Å². The summed E-state index contributed by atoms with van der Waals surface area (Å²) in [4.78, 5) is 11.3. The predicted molar refractivity (Wildman–Crippen MR) is 63.3 cm³/mol. The van der Waals surface area contributed by atoms with E-state index in [2.05, 4.69) is 9.82 Å². The first-order valence-corrected chi connectivity index (χ1v) is 6.81. The minimum absolute atomic E-state index is 0.0250. The van der Waals surface area contributed by atoms with Gasteiger partial charge in [0.2, 0.25) is 0 Å². The zero-order valence-electron chi connectivity index (χ0n) is 9.77. The first kappa shape index (κ1) is 14.1. The van der Waals surface area contributed by atoms with Crippen LogP contribution in [0.5, 0.6) is 0 Å². The lowest BCUT2D eigenvalue weighted by Crippen LogP contribution is -2.32. The average molecular weight is 280 g/mol. The Kier molecular flexibility index (Phi) is 4.29. The van der Waals surface area contributed by atoms with Crippen LogP contribution in [-0.2, 0) is 21.9 Å². The maximum Gasteiger partial charge on any atom is 0.259 e. The van der Waals surface area contributed by atoms with Crippen LogP contribution in [0.15, 0.2) is 11.2 Å². The van der Waals surface area contributed by atoms with E-state index in [-0.39, 0.29) is 28.3 Å². The number of nitrogens with one attached hydrogen (secondary N) is 1. The van der Waals surface area contributed by atoms with E-state index in [1.54, 1.807) is 13.8 Å². The molecule has 1 heterocycles. The van der Waals surface area contributed by atoms with Crippen LogP contribution in [-0.4, -0.2) is 30.5 Å². The van der Waals surface area contributed by atoms with Crippen molar-refractivity contribution in [3.8, 4) is 0 Å². The van der Waals surface area contributed by atoms with E-state index in [1.807, 2.05) is 0 Å². The van der Waals surface area contributed by atoms with Crippen LogP contribution in [0.3, 0.4) is 0 Å². The first-order valence-electron chi connectivity index (χ1n) is 4.95. The van der Waals surface area contributed by atoms with Crippen molar-refractivity contribution in [3.63, 3.8) is 0 Å². The molecule has 6 nitrogen and oxygen atoms in total. The summed E-state index contributed by atoms with van der Waals surface area (Å²) >= 11 is 5.72. The lowest BCUT2D eigenvalue weighted by Gasteiger charge is -2.08. The Labute approximate surface area is 105 Å². The first-order chi connectivity index (χ1) is 7.75. The number of aromatic nitrogens is 2. The third-order valence-electron chi connectivity index (χ3n) is 2.18. The summed E-state index contributed by atoms with van der Waals surface area (Å²) in [5.41, 5.74) is 0. The molecule has 0 fully saturated rings. The summed E-state index contributed by atoms with van der Waals surface area (Å²) in [5.74, 6) is -0.411. The van der Waals surface area contributed by atoms with Gasteiger partial charge in [0.25, 0.3) is 10.0 Å². The Hall–Kier alpha value is -0.920. The smallest absolute Gasteiger partial charge is 0.259 e. The molecule has 0 spiro atoms. The molecule has 0 aliphatic rings. The third kappa shape index (κ3) is 3.27. The molecule has 1 aromatic rings. The molecule has 0 unspecified atom stereocenters. The summed E-state index contributed by atoms with van der Waals surface area (Å²) in [6, 6.07) is 0. The average Bonchev–Trinajstić information content (AvgIpc) is 2.55. The van der Waals surface area contributed by atoms with Crippen molar-refractivity contribution < 1.29 is 13.2 Å². The van der Waals surface area contributed by atoms with Crippen LogP contribution >= 0.6 is 11.6 Å². The van der Waals surface area contributed by atoms with E-state index in [0.717, 1.165) is 4.68 Å². The van der Waals surface area contributed by atoms with Crippen LogP contribution in [0.25, 0.3) is 0 Å². The molecule has 0 radical (unpaired) electrons. The van der Waals surface area contributed by atoms with Crippen LogP contribution in [0.2, 0.25) is 5.02 Å². The van der Waals surface area contributed by atoms with Crippen LogP contribution in [0, 0.1) is 5.92 Å². The monoisotopic (exact) mass is 279 g/mol. The molecular formula is C9H14ClN3O3S. The van der Waals surface area contributed by atoms with Crippen molar-refractivity contribution in [1.82, 2.24) is 14.5 Å². The highest BCUT2D eigenvalue weighted by Crippen LogP contribution is 2.19. The molecule has 1 aromatic heterocycles. The molecule has 1 rings (SSSR count). The number of carbonyl (C=O) groups is 1. The number of ketones is 1. The fourth-order valence-electron chi connectivity index (χ4n) is 1.14. The van der Waals surface area contributed by atoms with E-state index >= 15 is 0 Å². The zero-order valence-corrected chi connectivity index (χ0v) is 11.3. The van der Waals surface area contributed by atoms with Crippen molar-refractivity contribution in [2.24, 2.45) is 13.0 Å². The molecule has 17 heavy (non-hydrogen) atoms. The lowest BCUT2D eigenvalue weighted by molar-refractivity contribution is -0.120. The van der Waals surface area contributed by atoms with Gasteiger partial charge in [-0.3, -0.25) is 9.48 Å². The van der Waals surface area contributed by atoms with Gasteiger partial charge in [-0.05, 0) is 0 Å². The fraction of sp³-hybridized carbons (Fsp3) is 0.556. The number of Topliss-reactive ketones (excluding diaryl/α,β-unsaturated/α-hetero) is 1. The molecule has 0 amide bonds. The second-order valence-electron chi connectivity index (χ2n) is 3.87. The molecule has 0 aromatic carbocycles. The van der Waals surface area contributed by atoms with Crippen molar-refractivity contribution in [3.05, 3.63) is 11.2 Å². The van der Waals surface area contributed by atoms with Gasteiger partial charge in [0, 0.05) is 13.0 Å². The predicted octanol–water partition coefficient (Wildman–Crippen LogP) is 0.577. The summed E-state index contributed by atoms with van der Waals surface area (Å²) in [5, 5.41) is 3.61. The molecule has 1 N–H and O–H groups in total. The SMILES string of the molecule is CC(C)C(=O)CNS(=O)(=O)c1c(Cl)cnn1C. The molecule has 0 atom stereocenters. The highest BCUT2D eigenvalue weighted by Gasteiger charge is 2.23. The quantitative estimate of drug-likeness (QED) is 0.855. The minimum Gasteiger partial charge on any atom is -0.298 e. The molecule has 0 bridgehead atoms.